The number of hydrogen-bond acceptors (Lipinski definition) is 12. The maximum absolute atomic E-state index is 13.5. The van der Waals surface area contributed by atoms with Crippen molar-refractivity contribution in [3.05, 3.63) is 68.4 Å². The number of anilines is 2. The van der Waals surface area contributed by atoms with Gasteiger partial charge in [0.2, 0.25) is 0 Å². The van der Waals surface area contributed by atoms with Crippen LogP contribution in [-0.4, -0.2) is 51.3 Å². The molecule has 7 rings (SSSR count). The molecule has 12 nitrogen and oxygen atoms in total. The number of thiazole rings is 2. The third kappa shape index (κ3) is 4.99. The minimum Gasteiger partial charge on any atom is -0.397 e. The van der Waals surface area contributed by atoms with E-state index in [0.29, 0.717) is 38.5 Å². The lowest BCUT2D eigenvalue weighted by Gasteiger charge is -2.15. The number of nitrogens with two attached hydrogens (primary N) is 1. The lowest BCUT2D eigenvalue weighted by molar-refractivity contribution is -0.140. The van der Waals surface area contributed by atoms with E-state index in [4.69, 9.17) is 5.73 Å². The number of nitrogens with zero attached hydrogens (tertiary/aromatic N) is 8. The Morgan fingerprint density at radius 3 is 2.09 bits per heavy atom. The van der Waals surface area contributed by atoms with Gasteiger partial charge in [-0.2, -0.15) is 13.2 Å². The second kappa shape index (κ2) is 10.2. The SMILES string of the molecule is Nc1ccnc2c1nc(-c1nccs1)c(=O)n2CC1CC1Nc1ccnc2c1nc(-c1nccs1)c(=O)n2CC(F)(F)F. The van der Waals surface area contributed by atoms with Gasteiger partial charge in [-0.3, -0.25) is 18.7 Å². The zero-order valence-corrected chi connectivity index (χ0v) is 23.4. The van der Waals surface area contributed by atoms with Crippen molar-refractivity contribution in [3.8, 4) is 21.4 Å². The van der Waals surface area contributed by atoms with Gasteiger partial charge in [0.1, 0.15) is 27.6 Å². The zero-order valence-electron chi connectivity index (χ0n) is 21.8. The Morgan fingerprint density at radius 2 is 1.47 bits per heavy atom. The summed E-state index contributed by atoms with van der Waals surface area (Å²) in [4.78, 5) is 52.3. The van der Waals surface area contributed by atoms with Crippen molar-refractivity contribution >= 4 is 56.4 Å². The van der Waals surface area contributed by atoms with Gasteiger partial charge in [0.25, 0.3) is 11.1 Å². The third-order valence-electron chi connectivity index (χ3n) is 6.98. The summed E-state index contributed by atoms with van der Waals surface area (Å²) in [7, 11) is 0. The summed E-state index contributed by atoms with van der Waals surface area (Å²) in [6.07, 6.45) is 1.86. The van der Waals surface area contributed by atoms with Crippen LogP contribution in [0.2, 0.25) is 0 Å². The maximum Gasteiger partial charge on any atom is 0.406 e. The van der Waals surface area contributed by atoms with E-state index in [2.05, 4.69) is 35.2 Å². The molecule has 1 fully saturated rings. The quantitative estimate of drug-likeness (QED) is 0.268. The van der Waals surface area contributed by atoms with Crippen LogP contribution in [-0.2, 0) is 13.1 Å². The molecule has 6 aromatic heterocycles. The van der Waals surface area contributed by atoms with Gasteiger partial charge in [-0.25, -0.2) is 29.9 Å². The Hall–Kier alpha value is -4.77. The molecule has 0 amide bonds. The largest absolute Gasteiger partial charge is 0.406 e. The first kappa shape index (κ1) is 27.1. The first-order chi connectivity index (χ1) is 20.7. The monoisotopic (exact) mass is 624 g/mol. The molecule has 218 valence electrons. The van der Waals surface area contributed by atoms with E-state index in [1.807, 2.05) is 0 Å². The molecule has 2 unspecified atom stereocenters. The lowest BCUT2D eigenvalue weighted by atomic mass is 10.3. The van der Waals surface area contributed by atoms with Crippen molar-refractivity contribution in [2.75, 3.05) is 11.1 Å². The molecule has 2 atom stereocenters. The average molecular weight is 625 g/mol. The average Bonchev–Trinajstić information content (AvgIpc) is 3.35. The van der Waals surface area contributed by atoms with Crippen molar-refractivity contribution < 1.29 is 13.2 Å². The molecule has 0 saturated heterocycles. The summed E-state index contributed by atoms with van der Waals surface area (Å²) in [5.74, 6) is -0.0431. The van der Waals surface area contributed by atoms with Gasteiger partial charge in [-0.1, -0.05) is 0 Å². The molecule has 0 bridgehead atoms. The van der Waals surface area contributed by atoms with Gasteiger partial charge in [0.15, 0.2) is 22.7 Å². The van der Waals surface area contributed by atoms with Crippen LogP contribution in [0, 0.1) is 5.92 Å². The van der Waals surface area contributed by atoms with Crippen molar-refractivity contribution in [2.24, 2.45) is 5.92 Å². The summed E-state index contributed by atoms with van der Waals surface area (Å²) < 4.78 is 42.6. The number of halogens is 3. The first-order valence-corrected chi connectivity index (χ1v) is 14.6. The predicted octanol–water partition coefficient (Wildman–Crippen LogP) is 3.79. The van der Waals surface area contributed by atoms with Crippen LogP contribution in [0.25, 0.3) is 43.7 Å². The van der Waals surface area contributed by atoms with Crippen LogP contribution >= 0.6 is 22.7 Å². The van der Waals surface area contributed by atoms with E-state index in [1.54, 1.807) is 29.1 Å². The Balaban J connectivity index is 1.25. The zero-order chi connectivity index (χ0) is 29.9. The lowest BCUT2D eigenvalue weighted by Crippen LogP contribution is -2.31. The predicted molar refractivity (Wildman–Crippen MR) is 156 cm³/mol. The number of fused-ring (bicyclic) bond motifs is 2. The highest BCUT2D eigenvalue weighted by Crippen LogP contribution is 2.37. The van der Waals surface area contributed by atoms with Gasteiger partial charge in [-0.15, -0.1) is 22.7 Å². The maximum atomic E-state index is 13.5. The van der Waals surface area contributed by atoms with Gasteiger partial charge in [0.05, 0.1) is 11.4 Å². The molecular formula is C26H19F3N10O2S2. The summed E-state index contributed by atoms with van der Waals surface area (Å²) in [6.45, 7) is -1.24. The van der Waals surface area contributed by atoms with Crippen molar-refractivity contribution in [3.63, 3.8) is 0 Å². The van der Waals surface area contributed by atoms with E-state index in [0.717, 1.165) is 11.3 Å². The molecule has 1 aliphatic carbocycles. The first-order valence-electron chi connectivity index (χ1n) is 12.9. The van der Waals surface area contributed by atoms with Crippen molar-refractivity contribution in [1.82, 2.24) is 39.0 Å². The summed E-state index contributed by atoms with van der Waals surface area (Å²) in [6, 6.07) is 3.05. The normalized spacial score (nSPS) is 16.6. The van der Waals surface area contributed by atoms with Gasteiger partial charge < -0.3 is 11.1 Å². The fourth-order valence-corrected chi connectivity index (χ4v) is 6.15. The molecule has 43 heavy (non-hydrogen) atoms. The van der Waals surface area contributed by atoms with E-state index in [1.165, 1.54) is 34.5 Å². The fraction of sp³-hybridized carbons (Fsp3) is 0.231. The van der Waals surface area contributed by atoms with Crippen LogP contribution in [0.15, 0.2) is 57.3 Å². The van der Waals surface area contributed by atoms with Crippen LogP contribution < -0.4 is 22.2 Å². The molecule has 17 heteroatoms. The topological polar surface area (TPSA) is 159 Å². The number of nitrogens with one attached hydrogen (secondary N) is 1. The molecular weight excluding hydrogens is 605 g/mol. The standard InChI is InChI=1S/C26H19F3N10O2S2/c27-26(28,29)11-39-21-17(37-19(25(39)41)23-34-6-8-43-23)14(2-4-32-21)35-15-9-12(15)10-38-20-16(13(30)1-3-31-20)36-18(24(38)40)22-33-5-7-42-22/h1-8,12,15H,9-11H2,(H2,30,31)(H,32,35). The number of aromatic nitrogens is 8. The second-order valence-corrected chi connectivity index (χ2v) is 11.7. The highest BCUT2D eigenvalue weighted by atomic mass is 32.1. The molecule has 6 heterocycles. The van der Waals surface area contributed by atoms with Gasteiger partial charge in [-0.05, 0) is 24.5 Å². The van der Waals surface area contributed by atoms with Crippen LogP contribution in [0.3, 0.4) is 0 Å². The Bertz CT molecular complexity index is 2110. The van der Waals surface area contributed by atoms with Gasteiger partial charge in [0, 0.05) is 48.1 Å². The molecule has 0 aromatic carbocycles. The Morgan fingerprint density at radius 1 is 0.860 bits per heavy atom. The minimum absolute atomic E-state index is 0.0431. The number of nitrogen functional groups attached to an aromatic ring is 1. The molecule has 0 spiro atoms. The smallest absolute Gasteiger partial charge is 0.397 e. The number of rotatable bonds is 7. The van der Waals surface area contributed by atoms with E-state index < -0.39 is 18.3 Å². The van der Waals surface area contributed by atoms with Crippen molar-refractivity contribution in [2.45, 2.75) is 31.7 Å². The van der Waals surface area contributed by atoms with E-state index >= 15 is 0 Å². The van der Waals surface area contributed by atoms with Crippen LogP contribution in [0.5, 0.6) is 0 Å². The van der Waals surface area contributed by atoms with Crippen molar-refractivity contribution in [1.29, 1.82) is 0 Å². The minimum atomic E-state index is -4.67. The molecule has 1 saturated carbocycles. The summed E-state index contributed by atoms with van der Waals surface area (Å²) in [5.41, 5.74) is 6.29. The Kier molecular flexibility index (Phi) is 6.42. The number of hydrogen-bond donors (Lipinski definition) is 2. The Labute approximate surface area is 246 Å². The highest BCUT2D eigenvalue weighted by molar-refractivity contribution is 7.13. The number of alkyl halides is 3. The second-order valence-electron chi connectivity index (χ2n) is 9.87. The molecule has 0 radical (unpaired) electrons. The summed E-state index contributed by atoms with van der Waals surface area (Å²) >= 11 is 2.38. The molecule has 6 aromatic rings. The fourth-order valence-electron chi connectivity index (χ4n) is 4.92. The summed E-state index contributed by atoms with van der Waals surface area (Å²) in [5, 5.41) is 7.35. The third-order valence-corrected chi connectivity index (χ3v) is 8.54. The molecule has 3 N–H and O–H groups in total. The molecule has 1 aliphatic rings. The highest BCUT2D eigenvalue weighted by Gasteiger charge is 2.39. The van der Waals surface area contributed by atoms with Gasteiger partial charge >= 0.3 is 6.18 Å². The van der Waals surface area contributed by atoms with Crippen LogP contribution in [0.1, 0.15) is 6.42 Å². The van der Waals surface area contributed by atoms with E-state index in [9.17, 15) is 22.8 Å². The van der Waals surface area contributed by atoms with Crippen LogP contribution in [0.4, 0.5) is 24.5 Å². The van der Waals surface area contributed by atoms with E-state index in [-0.39, 0.29) is 51.6 Å². The molecule has 0 aliphatic heterocycles. The number of pyridine rings is 2.